The average Bonchev–Trinajstić information content (AvgIpc) is 3.33. The summed E-state index contributed by atoms with van der Waals surface area (Å²) in [5.74, 6) is 0.204. The largest absolute Gasteiger partial charge is 0.479 e. The highest BCUT2D eigenvalue weighted by Gasteiger charge is 2.30. The van der Waals surface area contributed by atoms with Gasteiger partial charge in [-0.15, -0.1) is 5.10 Å². The molecule has 14 heteroatoms. The molecule has 4 aromatic rings. The predicted octanol–water partition coefficient (Wildman–Crippen LogP) is 3.66. The van der Waals surface area contributed by atoms with Crippen LogP contribution in [0.3, 0.4) is 0 Å². The Morgan fingerprint density at radius 1 is 1.21 bits per heavy atom. The summed E-state index contributed by atoms with van der Waals surface area (Å²) in [6, 6.07) is 3.41. The van der Waals surface area contributed by atoms with Crippen LogP contribution in [0.2, 0.25) is 10.4 Å². The molecule has 0 bridgehead atoms. The maximum absolute atomic E-state index is 11.8. The topological polar surface area (TPSA) is 136 Å². The summed E-state index contributed by atoms with van der Waals surface area (Å²) >= 11 is 12.0. The zero-order valence-corrected chi connectivity index (χ0v) is 19.1. The molecule has 0 aliphatic rings. The van der Waals surface area contributed by atoms with Gasteiger partial charge >= 0.3 is 11.6 Å². The van der Waals surface area contributed by atoms with Crippen molar-refractivity contribution >= 4 is 39.9 Å². The molecule has 0 unspecified atom stereocenters. The lowest BCUT2D eigenvalue weighted by atomic mass is 10.2. The number of aryl methyl sites for hydroxylation is 1. The number of methoxy groups -OCH3 is 1. The Morgan fingerprint density at radius 2 is 2.03 bits per heavy atom. The first kappa shape index (κ1) is 22.7. The Kier molecular flexibility index (Phi) is 6.56. The highest BCUT2D eigenvalue weighted by atomic mass is 35.5. The molecule has 4 rings (SSSR count). The van der Waals surface area contributed by atoms with Crippen LogP contribution in [0.4, 0.5) is 5.69 Å². The fourth-order valence-electron chi connectivity index (χ4n) is 3.36. The molecule has 4 aromatic heterocycles. The molecular weight excluding hydrogens is 475 g/mol. The van der Waals surface area contributed by atoms with Crippen LogP contribution in [0.25, 0.3) is 16.7 Å². The van der Waals surface area contributed by atoms with Gasteiger partial charge in [-0.2, -0.15) is 10.1 Å². The van der Waals surface area contributed by atoms with Crippen molar-refractivity contribution in [2.45, 2.75) is 26.3 Å². The number of aromatic nitrogens is 7. The van der Waals surface area contributed by atoms with E-state index in [4.69, 9.17) is 32.7 Å². The number of hydrogen-bond acceptors (Lipinski definition) is 9. The van der Waals surface area contributed by atoms with Crippen molar-refractivity contribution in [2.24, 2.45) is 0 Å². The van der Waals surface area contributed by atoms with Gasteiger partial charge in [0.15, 0.2) is 10.8 Å². The van der Waals surface area contributed by atoms with Gasteiger partial charge in [-0.05, 0) is 30.2 Å². The molecule has 33 heavy (non-hydrogen) atoms. The van der Waals surface area contributed by atoms with E-state index < -0.39 is 4.92 Å². The van der Waals surface area contributed by atoms with Gasteiger partial charge in [-0.1, -0.05) is 18.5 Å². The predicted molar refractivity (Wildman–Crippen MR) is 119 cm³/mol. The third kappa shape index (κ3) is 4.39. The van der Waals surface area contributed by atoms with Crippen LogP contribution in [0, 0.1) is 10.1 Å². The first-order valence-corrected chi connectivity index (χ1v) is 10.6. The molecule has 0 amide bonds. The number of halogens is 2. The van der Waals surface area contributed by atoms with Crippen LogP contribution >= 0.6 is 23.2 Å². The van der Waals surface area contributed by atoms with Crippen molar-refractivity contribution in [3.8, 4) is 17.4 Å². The quantitative estimate of drug-likeness (QED) is 0.148. The van der Waals surface area contributed by atoms with Crippen molar-refractivity contribution < 1.29 is 14.4 Å². The minimum Gasteiger partial charge on any atom is -0.479 e. The third-order valence-electron chi connectivity index (χ3n) is 4.78. The van der Waals surface area contributed by atoms with E-state index in [2.05, 4.69) is 25.1 Å². The highest BCUT2D eigenvalue weighted by molar-refractivity contribution is 6.34. The summed E-state index contributed by atoms with van der Waals surface area (Å²) in [5.41, 5.74) is 1.14. The molecule has 0 saturated carbocycles. The van der Waals surface area contributed by atoms with E-state index in [1.54, 1.807) is 29.9 Å². The maximum Gasteiger partial charge on any atom is 0.353 e. The van der Waals surface area contributed by atoms with Crippen LogP contribution in [-0.4, -0.2) is 53.2 Å². The number of ether oxygens (including phenoxy) is 2. The van der Waals surface area contributed by atoms with Crippen molar-refractivity contribution in [3.63, 3.8) is 0 Å². The number of fused-ring (bicyclic) bond motifs is 1. The van der Waals surface area contributed by atoms with Crippen LogP contribution in [-0.2, 0) is 13.0 Å². The molecule has 0 fully saturated rings. The van der Waals surface area contributed by atoms with Crippen molar-refractivity contribution in [2.75, 3.05) is 13.7 Å². The lowest BCUT2D eigenvalue weighted by molar-refractivity contribution is -0.386. The Hall–Kier alpha value is -3.51. The van der Waals surface area contributed by atoms with Crippen molar-refractivity contribution in [3.05, 3.63) is 50.8 Å². The average molecular weight is 493 g/mol. The van der Waals surface area contributed by atoms with Crippen LogP contribution in [0.15, 0.2) is 24.5 Å². The number of hydrogen-bond donors (Lipinski definition) is 0. The molecule has 0 N–H and O–H groups in total. The molecule has 0 spiro atoms. The molecule has 0 aromatic carbocycles. The minimum atomic E-state index is -0.500. The Bertz CT molecular complexity index is 1320. The van der Waals surface area contributed by atoms with Crippen molar-refractivity contribution in [1.82, 2.24) is 34.5 Å². The van der Waals surface area contributed by atoms with Gasteiger partial charge in [0.2, 0.25) is 11.2 Å². The van der Waals surface area contributed by atoms with Gasteiger partial charge in [0.25, 0.3) is 0 Å². The lowest BCUT2D eigenvalue weighted by Gasteiger charge is -2.08. The monoisotopic (exact) mass is 492 g/mol. The van der Waals surface area contributed by atoms with Gasteiger partial charge in [-0.25, -0.2) is 19.3 Å². The molecule has 0 aliphatic carbocycles. The van der Waals surface area contributed by atoms with E-state index in [0.29, 0.717) is 47.7 Å². The van der Waals surface area contributed by atoms with E-state index >= 15 is 0 Å². The fourth-order valence-corrected chi connectivity index (χ4v) is 3.71. The fraction of sp³-hybridized carbons (Fsp3) is 0.316. The maximum atomic E-state index is 11.8. The van der Waals surface area contributed by atoms with E-state index in [-0.39, 0.29) is 28.6 Å². The summed E-state index contributed by atoms with van der Waals surface area (Å²) < 4.78 is 14.0. The second kappa shape index (κ2) is 9.55. The minimum absolute atomic E-state index is 0.0793. The van der Waals surface area contributed by atoms with Crippen LogP contribution < -0.4 is 9.47 Å². The third-order valence-corrected chi connectivity index (χ3v) is 5.24. The zero-order chi connectivity index (χ0) is 23.5. The molecular formula is C19H18Cl2N8O4. The van der Waals surface area contributed by atoms with E-state index in [9.17, 15) is 10.1 Å². The van der Waals surface area contributed by atoms with Gasteiger partial charge in [0.1, 0.15) is 11.4 Å². The van der Waals surface area contributed by atoms with Crippen LogP contribution in [0.1, 0.15) is 19.0 Å². The summed E-state index contributed by atoms with van der Waals surface area (Å²) in [5, 5.41) is 21.3. The highest BCUT2D eigenvalue weighted by Crippen LogP contribution is 2.34. The molecule has 0 saturated heterocycles. The molecule has 12 nitrogen and oxygen atoms in total. The Balaban J connectivity index is 1.56. The van der Waals surface area contributed by atoms with Gasteiger partial charge in [0.05, 0.1) is 24.0 Å². The smallest absolute Gasteiger partial charge is 0.353 e. The first-order chi connectivity index (χ1) is 15.9. The lowest BCUT2D eigenvalue weighted by Crippen LogP contribution is -2.08. The SMILES string of the molecule is CCc1c([N+](=O)[O-])c(OCCCn2nc(Cl)c3cnc(Cl)nc32)nn1-c1cccnc1OC. The zero-order valence-electron chi connectivity index (χ0n) is 17.6. The number of nitrogens with zero attached hydrogens (tertiary/aromatic N) is 8. The normalized spacial score (nSPS) is 11.2. The number of pyridine rings is 1. The Morgan fingerprint density at radius 3 is 2.76 bits per heavy atom. The van der Waals surface area contributed by atoms with Gasteiger partial charge in [-0.3, -0.25) is 10.1 Å². The molecule has 4 heterocycles. The molecule has 0 aliphatic heterocycles. The number of rotatable bonds is 9. The van der Waals surface area contributed by atoms with E-state index in [1.807, 2.05) is 0 Å². The molecule has 0 radical (unpaired) electrons. The van der Waals surface area contributed by atoms with Gasteiger partial charge < -0.3 is 9.47 Å². The van der Waals surface area contributed by atoms with Crippen LogP contribution in [0.5, 0.6) is 11.8 Å². The standard InChI is InChI=1S/C19H18Cl2N8O4/c1-3-12-14(29(30)31)18(26-28(12)13-6-4-7-22-17(13)32-2)33-9-5-8-27-16-11(15(20)25-27)10-23-19(21)24-16/h4,6-7,10H,3,5,8-9H2,1-2H3. The Labute approximate surface area is 197 Å². The summed E-state index contributed by atoms with van der Waals surface area (Å²) in [6.07, 6.45) is 3.87. The first-order valence-electron chi connectivity index (χ1n) is 9.87. The summed E-state index contributed by atoms with van der Waals surface area (Å²) in [6.45, 7) is 2.33. The number of nitro groups is 1. The summed E-state index contributed by atoms with van der Waals surface area (Å²) in [7, 11) is 1.47. The molecule has 0 atom stereocenters. The van der Waals surface area contributed by atoms with Crippen molar-refractivity contribution in [1.29, 1.82) is 0 Å². The van der Waals surface area contributed by atoms with E-state index in [0.717, 1.165) is 0 Å². The second-order valence-electron chi connectivity index (χ2n) is 6.75. The molecule has 172 valence electrons. The van der Waals surface area contributed by atoms with Gasteiger partial charge in [0, 0.05) is 25.4 Å². The van der Waals surface area contributed by atoms with E-state index in [1.165, 1.54) is 18.0 Å². The second-order valence-corrected chi connectivity index (χ2v) is 7.44. The summed E-state index contributed by atoms with van der Waals surface area (Å²) in [4.78, 5) is 23.5.